The number of rotatable bonds is 9. The van der Waals surface area contributed by atoms with Crippen LogP contribution in [0.15, 0.2) is 71.6 Å². The Hall–Kier alpha value is -4.30. The van der Waals surface area contributed by atoms with E-state index in [1.165, 1.54) is 38.5 Å². The minimum atomic E-state index is -4.77. The number of benzene rings is 3. The summed E-state index contributed by atoms with van der Waals surface area (Å²) < 4.78 is 84.4. The van der Waals surface area contributed by atoms with Crippen LogP contribution in [0.25, 0.3) is 0 Å². The zero-order chi connectivity index (χ0) is 30.5. The lowest BCUT2D eigenvalue weighted by Gasteiger charge is -2.28. The van der Waals surface area contributed by atoms with E-state index in [-0.39, 0.29) is 33.6 Å². The summed E-state index contributed by atoms with van der Waals surface area (Å²) in [7, 11) is -1.98. The Labute approximate surface area is 240 Å². The maximum atomic E-state index is 13.8. The molecule has 3 aromatic carbocycles. The van der Waals surface area contributed by atoms with Gasteiger partial charge in [0, 0.05) is 19.2 Å². The van der Waals surface area contributed by atoms with E-state index in [1.54, 1.807) is 17.0 Å². The fourth-order valence-electron chi connectivity index (χ4n) is 4.29. The molecule has 10 nitrogen and oxygen atoms in total. The minimum absolute atomic E-state index is 0.0579. The average molecular weight is 608 g/mol. The summed E-state index contributed by atoms with van der Waals surface area (Å²) in [6.45, 7) is 0.528. The summed E-state index contributed by atoms with van der Waals surface area (Å²) in [5.41, 5.74) is -1.21. The van der Waals surface area contributed by atoms with Crippen molar-refractivity contribution in [2.24, 2.45) is 0 Å². The molecule has 1 fully saturated rings. The molecule has 0 atom stereocenters. The number of morpholine rings is 1. The van der Waals surface area contributed by atoms with Crippen LogP contribution in [-0.4, -0.2) is 72.2 Å². The Kier molecular flexibility index (Phi) is 9.27. The van der Waals surface area contributed by atoms with Crippen molar-refractivity contribution < 1.29 is 45.4 Å². The van der Waals surface area contributed by atoms with Gasteiger partial charge in [0.15, 0.2) is 11.5 Å². The van der Waals surface area contributed by atoms with Crippen molar-refractivity contribution in [3.05, 3.63) is 77.9 Å². The molecule has 3 aromatic rings. The number of anilines is 2. The average Bonchev–Trinajstić information content (AvgIpc) is 2.99. The lowest BCUT2D eigenvalue weighted by Crippen LogP contribution is -2.41. The van der Waals surface area contributed by atoms with Crippen molar-refractivity contribution in [1.29, 1.82) is 0 Å². The van der Waals surface area contributed by atoms with Crippen molar-refractivity contribution in [2.45, 2.75) is 11.1 Å². The smallest absolute Gasteiger partial charge is 0.416 e. The molecule has 2 amide bonds. The van der Waals surface area contributed by atoms with Gasteiger partial charge in [-0.3, -0.25) is 13.9 Å². The zero-order valence-corrected chi connectivity index (χ0v) is 23.5. The highest BCUT2D eigenvalue weighted by molar-refractivity contribution is 7.92. The largest absolute Gasteiger partial charge is 0.493 e. The summed E-state index contributed by atoms with van der Waals surface area (Å²) >= 11 is 0. The first-order chi connectivity index (χ1) is 20.0. The Morgan fingerprint density at radius 1 is 0.952 bits per heavy atom. The first-order valence-corrected chi connectivity index (χ1v) is 14.1. The van der Waals surface area contributed by atoms with Gasteiger partial charge in [-0.2, -0.15) is 13.2 Å². The number of nitrogens with one attached hydrogen (secondary N) is 1. The third kappa shape index (κ3) is 6.77. The van der Waals surface area contributed by atoms with Gasteiger partial charge < -0.3 is 24.4 Å². The minimum Gasteiger partial charge on any atom is -0.493 e. The predicted molar refractivity (Wildman–Crippen MR) is 147 cm³/mol. The van der Waals surface area contributed by atoms with Gasteiger partial charge in [-0.05, 0) is 42.5 Å². The number of hydrogen-bond donors (Lipinski definition) is 1. The highest BCUT2D eigenvalue weighted by atomic mass is 32.2. The van der Waals surface area contributed by atoms with Crippen LogP contribution in [0.5, 0.6) is 11.5 Å². The van der Waals surface area contributed by atoms with Crippen molar-refractivity contribution in [3.8, 4) is 11.5 Å². The number of hydrogen-bond acceptors (Lipinski definition) is 7. The molecule has 1 heterocycles. The molecule has 0 radical (unpaired) electrons. The van der Waals surface area contributed by atoms with Crippen LogP contribution < -0.4 is 19.1 Å². The third-order valence-corrected chi connectivity index (χ3v) is 8.19. The van der Waals surface area contributed by atoms with E-state index >= 15 is 0 Å². The fraction of sp³-hybridized carbons (Fsp3) is 0.286. The van der Waals surface area contributed by atoms with E-state index in [9.17, 15) is 31.2 Å². The molecule has 1 N–H and O–H groups in total. The molecule has 1 saturated heterocycles. The molecule has 0 aromatic heterocycles. The number of para-hydroxylation sites is 1. The molecule has 1 aliphatic heterocycles. The third-order valence-electron chi connectivity index (χ3n) is 6.42. The molecule has 14 heteroatoms. The predicted octanol–water partition coefficient (Wildman–Crippen LogP) is 4.03. The van der Waals surface area contributed by atoms with Gasteiger partial charge in [0.2, 0.25) is 5.91 Å². The van der Waals surface area contributed by atoms with E-state index in [2.05, 4.69) is 5.32 Å². The van der Waals surface area contributed by atoms with E-state index in [1.807, 2.05) is 0 Å². The van der Waals surface area contributed by atoms with Gasteiger partial charge in [0.05, 0.1) is 54.8 Å². The Morgan fingerprint density at radius 2 is 1.64 bits per heavy atom. The van der Waals surface area contributed by atoms with Crippen molar-refractivity contribution in [1.82, 2.24) is 4.90 Å². The monoisotopic (exact) mass is 607 g/mol. The number of carbonyl (C=O) groups is 2. The number of methoxy groups -OCH3 is 2. The summed E-state index contributed by atoms with van der Waals surface area (Å²) in [6.07, 6.45) is -4.77. The standard InChI is InChI=1S/C28H28F3N3O7S/c1-39-24-11-10-21(17-25(24)40-2)42(37,38)34(20-7-5-6-19(16-20)28(29,30)31)18-26(35)32-23-9-4-3-8-22(23)27(36)33-12-14-41-15-13-33/h3-11,16-17H,12-15,18H2,1-2H3,(H,32,35). The summed E-state index contributed by atoms with van der Waals surface area (Å²) in [5.74, 6) is -0.968. The number of halogens is 3. The molecule has 0 spiro atoms. The quantitative estimate of drug-likeness (QED) is 0.391. The van der Waals surface area contributed by atoms with Gasteiger partial charge in [-0.1, -0.05) is 18.2 Å². The van der Waals surface area contributed by atoms with E-state index in [0.29, 0.717) is 36.7 Å². The second kappa shape index (κ2) is 12.7. The molecular weight excluding hydrogens is 579 g/mol. The molecule has 0 saturated carbocycles. The van der Waals surface area contributed by atoms with Crippen LogP contribution in [0.4, 0.5) is 24.5 Å². The maximum absolute atomic E-state index is 13.8. The molecule has 1 aliphatic rings. The van der Waals surface area contributed by atoms with Crippen molar-refractivity contribution >= 4 is 33.2 Å². The molecule has 0 aliphatic carbocycles. The number of carbonyl (C=O) groups excluding carboxylic acids is 2. The summed E-state index contributed by atoms with van der Waals surface area (Å²) in [6, 6.07) is 13.5. The lowest BCUT2D eigenvalue weighted by molar-refractivity contribution is -0.137. The number of ether oxygens (including phenoxy) is 3. The van der Waals surface area contributed by atoms with Crippen LogP contribution in [0.2, 0.25) is 0 Å². The Balaban J connectivity index is 1.70. The summed E-state index contributed by atoms with van der Waals surface area (Å²) in [4.78, 5) is 27.6. The van der Waals surface area contributed by atoms with Crippen LogP contribution in [-0.2, 0) is 25.7 Å². The van der Waals surface area contributed by atoms with Crippen LogP contribution >= 0.6 is 0 Å². The van der Waals surface area contributed by atoms with Gasteiger partial charge >= 0.3 is 6.18 Å². The Morgan fingerprint density at radius 3 is 2.31 bits per heavy atom. The highest BCUT2D eigenvalue weighted by Gasteiger charge is 2.34. The first-order valence-electron chi connectivity index (χ1n) is 12.6. The highest BCUT2D eigenvalue weighted by Crippen LogP contribution is 2.35. The molecule has 224 valence electrons. The van der Waals surface area contributed by atoms with Gasteiger partial charge in [0.1, 0.15) is 6.54 Å². The number of amides is 2. The molecule has 0 unspecified atom stereocenters. The Bertz CT molecular complexity index is 1560. The first kappa shape index (κ1) is 30.7. The molecular formula is C28H28F3N3O7S. The zero-order valence-electron chi connectivity index (χ0n) is 22.7. The van der Waals surface area contributed by atoms with Crippen molar-refractivity contribution in [3.63, 3.8) is 0 Å². The van der Waals surface area contributed by atoms with Crippen LogP contribution in [0.3, 0.4) is 0 Å². The van der Waals surface area contributed by atoms with E-state index < -0.39 is 39.9 Å². The molecule has 4 rings (SSSR count). The van der Waals surface area contributed by atoms with E-state index in [4.69, 9.17) is 14.2 Å². The van der Waals surface area contributed by atoms with Crippen LogP contribution in [0.1, 0.15) is 15.9 Å². The van der Waals surface area contributed by atoms with Gasteiger partial charge in [0.25, 0.3) is 15.9 Å². The van der Waals surface area contributed by atoms with Gasteiger partial charge in [-0.25, -0.2) is 8.42 Å². The second-order valence-corrected chi connectivity index (χ2v) is 10.9. The SMILES string of the molecule is COc1ccc(S(=O)(=O)N(CC(=O)Nc2ccccc2C(=O)N2CCOCC2)c2cccc(C(F)(F)F)c2)cc1OC. The van der Waals surface area contributed by atoms with Crippen molar-refractivity contribution in [2.75, 3.05) is 56.7 Å². The summed E-state index contributed by atoms with van der Waals surface area (Å²) in [5, 5.41) is 2.55. The second-order valence-electron chi connectivity index (χ2n) is 9.07. The van der Waals surface area contributed by atoms with E-state index in [0.717, 1.165) is 24.3 Å². The van der Waals surface area contributed by atoms with Gasteiger partial charge in [-0.15, -0.1) is 0 Å². The fourth-order valence-corrected chi connectivity index (χ4v) is 5.72. The number of nitrogens with zero attached hydrogens (tertiary/aromatic N) is 2. The normalized spacial score (nSPS) is 13.8. The lowest BCUT2D eigenvalue weighted by atomic mass is 10.1. The topological polar surface area (TPSA) is 114 Å². The molecule has 42 heavy (non-hydrogen) atoms. The maximum Gasteiger partial charge on any atom is 0.416 e. The number of alkyl halides is 3. The molecule has 0 bridgehead atoms. The number of sulfonamides is 1. The van der Waals surface area contributed by atoms with Crippen LogP contribution in [0, 0.1) is 0 Å².